The van der Waals surface area contributed by atoms with Crippen LogP contribution in [0.25, 0.3) is 0 Å². The van der Waals surface area contributed by atoms with Gasteiger partial charge >= 0.3 is 0 Å². The van der Waals surface area contributed by atoms with E-state index in [1.165, 1.54) is 0 Å². The molecule has 25 heavy (non-hydrogen) atoms. The summed E-state index contributed by atoms with van der Waals surface area (Å²) in [5.74, 6) is 2.36. The number of hydrogen-bond acceptors (Lipinski definition) is 4. The van der Waals surface area contributed by atoms with Crippen molar-refractivity contribution in [3.05, 3.63) is 53.1 Å². The van der Waals surface area contributed by atoms with Crippen LogP contribution in [0.5, 0.6) is 17.2 Å². The number of benzene rings is 2. The molecule has 3 atom stereocenters. The van der Waals surface area contributed by atoms with Crippen LogP contribution in [0.4, 0.5) is 0 Å². The SMILES string of the molecule is COc1cc2c(c3c1C(=O)C[C@H](c1ccccc1)O3)[C@H]1[C@@H](O2)C1(C)C. The maximum Gasteiger partial charge on any atom is 0.174 e. The van der Waals surface area contributed by atoms with Gasteiger partial charge in [-0.2, -0.15) is 0 Å². The molecule has 0 unspecified atom stereocenters. The summed E-state index contributed by atoms with van der Waals surface area (Å²) in [6, 6.07) is 11.8. The van der Waals surface area contributed by atoms with Gasteiger partial charge in [-0.25, -0.2) is 0 Å². The largest absolute Gasteiger partial charge is 0.496 e. The fourth-order valence-corrected chi connectivity index (χ4v) is 4.35. The molecular weight excluding hydrogens is 316 g/mol. The van der Waals surface area contributed by atoms with E-state index < -0.39 is 0 Å². The fourth-order valence-electron chi connectivity index (χ4n) is 4.35. The first-order chi connectivity index (χ1) is 12.0. The van der Waals surface area contributed by atoms with Gasteiger partial charge in [0.05, 0.1) is 13.5 Å². The van der Waals surface area contributed by atoms with Crippen LogP contribution in [-0.4, -0.2) is 19.0 Å². The van der Waals surface area contributed by atoms with Crippen LogP contribution in [0.15, 0.2) is 36.4 Å². The molecule has 0 amide bonds. The number of carbonyl (C=O) groups excluding carboxylic acids is 1. The highest BCUT2D eigenvalue weighted by atomic mass is 16.5. The van der Waals surface area contributed by atoms with Gasteiger partial charge in [0, 0.05) is 23.0 Å². The number of ketones is 1. The van der Waals surface area contributed by atoms with E-state index in [9.17, 15) is 4.79 Å². The second-order valence-corrected chi connectivity index (χ2v) is 7.68. The average Bonchev–Trinajstić information content (AvgIpc) is 2.96. The fraction of sp³-hybridized carbons (Fsp3) is 0.381. The van der Waals surface area contributed by atoms with Gasteiger partial charge in [0.2, 0.25) is 0 Å². The van der Waals surface area contributed by atoms with Gasteiger partial charge in [-0.15, -0.1) is 0 Å². The monoisotopic (exact) mass is 336 g/mol. The number of fused-ring (bicyclic) bond motifs is 5. The Morgan fingerprint density at radius 2 is 1.92 bits per heavy atom. The lowest BCUT2D eigenvalue weighted by atomic mass is 9.91. The summed E-state index contributed by atoms with van der Waals surface area (Å²) in [6.07, 6.45) is 0.220. The smallest absolute Gasteiger partial charge is 0.174 e. The van der Waals surface area contributed by atoms with Gasteiger partial charge < -0.3 is 14.2 Å². The standard InChI is InChI=1S/C21H20O4/c1-21(2)18-17-15(25-20(18)21)10-14(23-3)16-12(22)9-13(24-19(16)17)11-7-5-4-6-8-11/h4-8,10,13,18,20H,9H2,1-3H3/t13-,18+,20-/m1/s1. The summed E-state index contributed by atoms with van der Waals surface area (Å²) in [6.45, 7) is 4.39. The molecule has 0 spiro atoms. The van der Waals surface area contributed by atoms with Crippen molar-refractivity contribution in [2.24, 2.45) is 5.41 Å². The Bertz CT molecular complexity index is 885. The second kappa shape index (κ2) is 4.78. The van der Waals surface area contributed by atoms with E-state index in [-0.39, 0.29) is 29.3 Å². The zero-order valence-corrected chi connectivity index (χ0v) is 14.5. The number of carbonyl (C=O) groups is 1. The molecule has 3 aliphatic rings. The Hall–Kier alpha value is -2.49. The van der Waals surface area contributed by atoms with E-state index >= 15 is 0 Å². The Morgan fingerprint density at radius 3 is 2.64 bits per heavy atom. The van der Waals surface area contributed by atoms with Gasteiger partial charge in [0.25, 0.3) is 0 Å². The van der Waals surface area contributed by atoms with Crippen LogP contribution < -0.4 is 14.2 Å². The lowest BCUT2D eigenvalue weighted by molar-refractivity contribution is 0.0841. The van der Waals surface area contributed by atoms with Crippen molar-refractivity contribution >= 4 is 5.78 Å². The third kappa shape index (κ3) is 1.91. The normalized spacial score (nSPS) is 27.5. The molecule has 5 rings (SSSR count). The van der Waals surface area contributed by atoms with Crippen molar-refractivity contribution in [2.45, 2.75) is 38.4 Å². The second-order valence-electron chi connectivity index (χ2n) is 7.68. The first-order valence-electron chi connectivity index (χ1n) is 8.68. The summed E-state index contributed by atoms with van der Waals surface area (Å²) in [5, 5.41) is 0. The minimum absolute atomic E-state index is 0.0664. The summed E-state index contributed by atoms with van der Waals surface area (Å²) < 4.78 is 18.0. The maximum atomic E-state index is 12.9. The molecule has 0 radical (unpaired) electrons. The first kappa shape index (κ1) is 14.8. The van der Waals surface area contributed by atoms with Crippen LogP contribution in [-0.2, 0) is 0 Å². The summed E-state index contributed by atoms with van der Waals surface area (Å²) in [5.41, 5.74) is 2.71. The van der Waals surface area contributed by atoms with E-state index in [1.807, 2.05) is 36.4 Å². The molecule has 1 aliphatic carbocycles. The minimum atomic E-state index is -0.265. The zero-order chi connectivity index (χ0) is 17.3. The number of Topliss-reactive ketones (excluding diaryl/α,β-unsaturated/α-hetero) is 1. The van der Waals surface area contributed by atoms with E-state index in [0.717, 1.165) is 16.9 Å². The molecule has 0 N–H and O–H groups in total. The molecule has 128 valence electrons. The van der Waals surface area contributed by atoms with Gasteiger partial charge in [-0.05, 0) is 5.56 Å². The molecule has 4 heteroatoms. The number of methoxy groups -OCH3 is 1. The van der Waals surface area contributed by atoms with Crippen molar-refractivity contribution in [1.82, 2.24) is 0 Å². The predicted molar refractivity (Wildman–Crippen MR) is 92.7 cm³/mol. The van der Waals surface area contributed by atoms with E-state index in [2.05, 4.69) is 13.8 Å². The quantitative estimate of drug-likeness (QED) is 0.821. The van der Waals surface area contributed by atoms with Crippen molar-refractivity contribution in [2.75, 3.05) is 7.11 Å². The van der Waals surface area contributed by atoms with Gasteiger partial charge in [-0.3, -0.25) is 4.79 Å². The van der Waals surface area contributed by atoms with Crippen molar-refractivity contribution in [3.8, 4) is 17.2 Å². The van der Waals surface area contributed by atoms with E-state index in [1.54, 1.807) is 7.11 Å². The summed E-state index contributed by atoms with van der Waals surface area (Å²) >= 11 is 0. The third-order valence-electron chi connectivity index (χ3n) is 5.84. The highest BCUT2D eigenvalue weighted by molar-refractivity contribution is 6.03. The van der Waals surface area contributed by atoms with E-state index in [4.69, 9.17) is 14.2 Å². The number of hydrogen-bond donors (Lipinski definition) is 0. The number of ether oxygens (including phenoxy) is 3. The molecule has 1 fully saturated rings. The molecule has 2 aliphatic heterocycles. The van der Waals surface area contributed by atoms with Gasteiger partial charge in [0.15, 0.2) is 5.78 Å². The predicted octanol–water partition coefficient (Wildman–Crippen LogP) is 4.29. The van der Waals surface area contributed by atoms with Crippen LogP contribution in [0.1, 0.15) is 53.8 Å². The highest BCUT2D eigenvalue weighted by Gasteiger charge is 2.67. The van der Waals surface area contributed by atoms with Crippen LogP contribution >= 0.6 is 0 Å². The molecule has 1 saturated carbocycles. The first-order valence-corrected chi connectivity index (χ1v) is 8.68. The molecule has 0 saturated heterocycles. The molecule has 2 aromatic rings. The zero-order valence-electron chi connectivity index (χ0n) is 14.5. The lowest BCUT2D eigenvalue weighted by Crippen LogP contribution is -2.22. The van der Waals surface area contributed by atoms with E-state index in [0.29, 0.717) is 23.5 Å². The molecule has 2 heterocycles. The van der Waals surface area contributed by atoms with Crippen LogP contribution in [0.3, 0.4) is 0 Å². The molecule has 0 aromatic heterocycles. The Labute approximate surface area is 146 Å². The van der Waals surface area contributed by atoms with Crippen molar-refractivity contribution in [3.63, 3.8) is 0 Å². The minimum Gasteiger partial charge on any atom is -0.496 e. The topological polar surface area (TPSA) is 44.8 Å². The molecular formula is C21H20O4. The van der Waals surface area contributed by atoms with Gasteiger partial charge in [0.1, 0.15) is 35.0 Å². The Balaban J connectivity index is 1.66. The lowest BCUT2D eigenvalue weighted by Gasteiger charge is -2.29. The highest BCUT2D eigenvalue weighted by Crippen LogP contribution is 2.70. The van der Waals surface area contributed by atoms with Crippen molar-refractivity contribution in [1.29, 1.82) is 0 Å². The Kier molecular flexibility index (Phi) is 2.83. The third-order valence-corrected chi connectivity index (χ3v) is 5.84. The summed E-state index contributed by atoms with van der Waals surface area (Å²) in [4.78, 5) is 12.9. The van der Waals surface area contributed by atoms with Crippen molar-refractivity contribution < 1.29 is 19.0 Å². The molecule has 0 bridgehead atoms. The average molecular weight is 336 g/mol. The molecule has 4 nitrogen and oxygen atoms in total. The Morgan fingerprint density at radius 1 is 1.16 bits per heavy atom. The summed E-state index contributed by atoms with van der Waals surface area (Å²) in [7, 11) is 1.58. The van der Waals surface area contributed by atoms with Crippen LogP contribution in [0, 0.1) is 5.41 Å². The van der Waals surface area contributed by atoms with Crippen LogP contribution in [0.2, 0.25) is 0 Å². The molecule has 2 aromatic carbocycles. The number of rotatable bonds is 2. The maximum absolute atomic E-state index is 12.9. The van der Waals surface area contributed by atoms with Gasteiger partial charge in [-0.1, -0.05) is 44.2 Å².